The van der Waals surface area contributed by atoms with Gasteiger partial charge in [-0.05, 0) is 32.0 Å². The van der Waals surface area contributed by atoms with Crippen LogP contribution in [-0.2, 0) is 0 Å². The van der Waals surface area contributed by atoms with Crippen LogP contribution in [0.3, 0.4) is 0 Å². The van der Waals surface area contributed by atoms with Gasteiger partial charge in [0.25, 0.3) is 6.43 Å². The maximum absolute atomic E-state index is 11.6. The van der Waals surface area contributed by atoms with Crippen molar-refractivity contribution in [2.75, 3.05) is 26.2 Å². The van der Waals surface area contributed by atoms with E-state index in [1.165, 1.54) is 0 Å². The fraction of sp³-hybridized carbons (Fsp3) is 1.00. The van der Waals surface area contributed by atoms with Crippen molar-refractivity contribution in [3.8, 4) is 0 Å². The summed E-state index contributed by atoms with van der Waals surface area (Å²) >= 11 is 0. The van der Waals surface area contributed by atoms with Crippen LogP contribution in [0, 0.1) is 5.92 Å². The number of alkyl halides is 2. The summed E-state index contributed by atoms with van der Waals surface area (Å²) in [5.41, 5.74) is 0. The summed E-state index contributed by atoms with van der Waals surface area (Å²) in [5, 5.41) is 5.92. The van der Waals surface area contributed by atoms with E-state index in [0.29, 0.717) is 5.92 Å². The van der Waals surface area contributed by atoms with Crippen molar-refractivity contribution in [2.24, 2.45) is 5.92 Å². The monoisotopic (exact) mass is 164 g/mol. The third-order valence-electron chi connectivity index (χ3n) is 1.89. The molecule has 0 bridgehead atoms. The summed E-state index contributed by atoms with van der Waals surface area (Å²) in [6.45, 7) is 2.55. The molecule has 4 heteroatoms. The van der Waals surface area contributed by atoms with Crippen molar-refractivity contribution < 1.29 is 8.78 Å². The fourth-order valence-electron chi connectivity index (χ4n) is 1.29. The van der Waals surface area contributed by atoms with Crippen molar-refractivity contribution in [3.63, 3.8) is 0 Å². The van der Waals surface area contributed by atoms with Crippen LogP contribution < -0.4 is 10.6 Å². The maximum atomic E-state index is 11.6. The molecule has 0 spiro atoms. The van der Waals surface area contributed by atoms with E-state index in [0.717, 1.165) is 26.1 Å². The van der Waals surface area contributed by atoms with Gasteiger partial charge in [-0.3, -0.25) is 0 Å². The lowest BCUT2D eigenvalue weighted by Crippen LogP contribution is -2.28. The summed E-state index contributed by atoms with van der Waals surface area (Å²) < 4.78 is 23.3. The molecule has 0 aromatic heterocycles. The predicted molar refractivity (Wildman–Crippen MR) is 39.9 cm³/mol. The highest BCUT2D eigenvalue weighted by molar-refractivity contribution is 4.72. The molecule has 0 saturated carbocycles. The first-order chi connectivity index (χ1) is 5.29. The summed E-state index contributed by atoms with van der Waals surface area (Å²) in [4.78, 5) is 0. The standard InChI is InChI=1S/C7H14F2N2/c8-7(9)5-11-4-6-1-2-10-3-6/h6-7,10-11H,1-5H2. The lowest BCUT2D eigenvalue weighted by molar-refractivity contribution is 0.144. The summed E-state index contributed by atoms with van der Waals surface area (Å²) in [5.74, 6) is 0.550. The largest absolute Gasteiger partial charge is 0.316 e. The topological polar surface area (TPSA) is 24.1 Å². The van der Waals surface area contributed by atoms with Gasteiger partial charge in [0.1, 0.15) is 0 Å². The molecule has 1 saturated heterocycles. The van der Waals surface area contributed by atoms with Gasteiger partial charge in [0.15, 0.2) is 0 Å². The van der Waals surface area contributed by atoms with Crippen LogP contribution >= 0.6 is 0 Å². The molecule has 0 amide bonds. The smallest absolute Gasteiger partial charge is 0.250 e. The first kappa shape index (κ1) is 8.87. The van der Waals surface area contributed by atoms with Crippen molar-refractivity contribution >= 4 is 0 Å². The molecule has 2 N–H and O–H groups in total. The lowest BCUT2D eigenvalue weighted by atomic mass is 10.1. The molecule has 1 unspecified atom stereocenters. The van der Waals surface area contributed by atoms with Gasteiger partial charge < -0.3 is 10.6 Å². The zero-order valence-corrected chi connectivity index (χ0v) is 6.45. The minimum atomic E-state index is -2.22. The predicted octanol–water partition coefficient (Wildman–Crippen LogP) is 0.451. The van der Waals surface area contributed by atoms with E-state index < -0.39 is 6.43 Å². The molecule has 1 atom stereocenters. The zero-order valence-electron chi connectivity index (χ0n) is 6.45. The van der Waals surface area contributed by atoms with Crippen LogP contribution in [0.1, 0.15) is 6.42 Å². The highest BCUT2D eigenvalue weighted by Crippen LogP contribution is 2.05. The fourth-order valence-corrected chi connectivity index (χ4v) is 1.29. The average molecular weight is 164 g/mol. The van der Waals surface area contributed by atoms with Gasteiger partial charge in [0.2, 0.25) is 0 Å². The molecule has 0 aromatic carbocycles. The second-order valence-corrected chi connectivity index (χ2v) is 2.91. The van der Waals surface area contributed by atoms with Gasteiger partial charge in [-0.25, -0.2) is 8.78 Å². The van der Waals surface area contributed by atoms with Gasteiger partial charge >= 0.3 is 0 Å². The normalized spacial score (nSPS) is 24.8. The number of rotatable bonds is 4. The van der Waals surface area contributed by atoms with Gasteiger partial charge in [-0.15, -0.1) is 0 Å². The third-order valence-corrected chi connectivity index (χ3v) is 1.89. The molecule has 66 valence electrons. The van der Waals surface area contributed by atoms with E-state index in [-0.39, 0.29) is 6.54 Å². The summed E-state index contributed by atoms with van der Waals surface area (Å²) in [6, 6.07) is 0. The SMILES string of the molecule is FC(F)CNCC1CCNC1. The molecule has 11 heavy (non-hydrogen) atoms. The molecule has 1 aliphatic heterocycles. The summed E-state index contributed by atoms with van der Waals surface area (Å²) in [6.07, 6.45) is -1.11. The van der Waals surface area contributed by atoms with Crippen molar-refractivity contribution in [3.05, 3.63) is 0 Å². The van der Waals surface area contributed by atoms with E-state index in [2.05, 4.69) is 10.6 Å². The number of hydrogen-bond donors (Lipinski definition) is 2. The molecular formula is C7H14F2N2. The van der Waals surface area contributed by atoms with Gasteiger partial charge in [-0.2, -0.15) is 0 Å². The molecule has 1 rings (SSSR count). The Bertz CT molecular complexity index is 103. The van der Waals surface area contributed by atoms with E-state index in [9.17, 15) is 8.78 Å². The van der Waals surface area contributed by atoms with Crippen molar-refractivity contribution in [1.82, 2.24) is 10.6 Å². The molecule has 1 aliphatic rings. The van der Waals surface area contributed by atoms with Gasteiger partial charge in [0, 0.05) is 0 Å². The summed E-state index contributed by atoms with van der Waals surface area (Å²) in [7, 11) is 0. The minimum Gasteiger partial charge on any atom is -0.316 e. The van der Waals surface area contributed by atoms with Crippen LogP contribution in [0.2, 0.25) is 0 Å². The minimum absolute atomic E-state index is 0.170. The molecule has 2 nitrogen and oxygen atoms in total. The van der Waals surface area contributed by atoms with E-state index in [4.69, 9.17) is 0 Å². The Morgan fingerprint density at radius 2 is 2.36 bits per heavy atom. The maximum Gasteiger partial charge on any atom is 0.250 e. The third kappa shape index (κ3) is 3.62. The molecule has 0 aromatic rings. The van der Waals surface area contributed by atoms with Gasteiger partial charge in [0.05, 0.1) is 6.54 Å². The Morgan fingerprint density at radius 3 is 2.91 bits per heavy atom. The van der Waals surface area contributed by atoms with Crippen molar-refractivity contribution in [2.45, 2.75) is 12.8 Å². The highest BCUT2D eigenvalue weighted by atomic mass is 19.3. The first-order valence-corrected chi connectivity index (χ1v) is 3.98. The van der Waals surface area contributed by atoms with Crippen LogP contribution in [0.25, 0.3) is 0 Å². The average Bonchev–Trinajstić information content (AvgIpc) is 2.39. The quantitative estimate of drug-likeness (QED) is 0.630. The van der Waals surface area contributed by atoms with E-state index in [1.807, 2.05) is 0 Å². The van der Waals surface area contributed by atoms with Crippen LogP contribution in [0.15, 0.2) is 0 Å². The number of nitrogens with one attached hydrogen (secondary N) is 2. The number of hydrogen-bond acceptors (Lipinski definition) is 2. The lowest BCUT2D eigenvalue weighted by Gasteiger charge is -2.08. The van der Waals surface area contributed by atoms with E-state index in [1.54, 1.807) is 0 Å². The van der Waals surface area contributed by atoms with E-state index >= 15 is 0 Å². The zero-order chi connectivity index (χ0) is 8.10. The number of halogens is 2. The Morgan fingerprint density at radius 1 is 1.55 bits per heavy atom. The van der Waals surface area contributed by atoms with Crippen molar-refractivity contribution in [1.29, 1.82) is 0 Å². The Labute approximate surface area is 65.4 Å². The molecule has 1 fully saturated rings. The second kappa shape index (κ2) is 4.62. The first-order valence-electron chi connectivity index (χ1n) is 3.98. The molecule has 0 radical (unpaired) electrons. The Kier molecular flexibility index (Phi) is 3.72. The van der Waals surface area contributed by atoms with Crippen LogP contribution in [-0.4, -0.2) is 32.6 Å². The molecule has 0 aliphatic carbocycles. The van der Waals surface area contributed by atoms with Crippen LogP contribution in [0.4, 0.5) is 8.78 Å². The highest BCUT2D eigenvalue weighted by Gasteiger charge is 2.13. The van der Waals surface area contributed by atoms with Crippen LogP contribution in [0.5, 0.6) is 0 Å². The second-order valence-electron chi connectivity index (χ2n) is 2.91. The van der Waals surface area contributed by atoms with Gasteiger partial charge in [-0.1, -0.05) is 0 Å². The molecular weight excluding hydrogens is 150 g/mol. The Balaban J connectivity index is 1.94. The molecule has 1 heterocycles. The Hall–Kier alpha value is -0.220.